The summed E-state index contributed by atoms with van der Waals surface area (Å²) in [7, 11) is 0. The van der Waals surface area contributed by atoms with E-state index in [1.165, 1.54) is 12.0 Å². The molecule has 1 nitrogen and oxygen atoms in total. The second kappa shape index (κ2) is 2.45. The van der Waals surface area contributed by atoms with Gasteiger partial charge >= 0.3 is 0 Å². The molecule has 12 heavy (non-hydrogen) atoms. The summed E-state index contributed by atoms with van der Waals surface area (Å²) >= 11 is 0. The van der Waals surface area contributed by atoms with E-state index >= 15 is 0 Å². The zero-order valence-electron chi connectivity index (χ0n) is 7.84. The van der Waals surface area contributed by atoms with E-state index in [0.29, 0.717) is 23.5 Å². The van der Waals surface area contributed by atoms with Crippen LogP contribution >= 0.6 is 0 Å². The van der Waals surface area contributed by atoms with Crippen molar-refractivity contribution in [3.05, 3.63) is 12.2 Å². The van der Waals surface area contributed by atoms with E-state index in [4.69, 9.17) is 0 Å². The topological polar surface area (TPSA) is 17.1 Å². The quantitative estimate of drug-likeness (QED) is 0.502. The van der Waals surface area contributed by atoms with E-state index in [9.17, 15) is 4.79 Å². The first kappa shape index (κ1) is 8.03. The molecule has 2 saturated carbocycles. The van der Waals surface area contributed by atoms with Crippen LogP contribution in [0.15, 0.2) is 12.2 Å². The number of ketones is 1. The first-order valence-electron chi connectivity index (χ1n) is 4.85. The van der Waals surface area contributed by atoms with Crippen LogP contribution in [0.2, 0.25) is 0 Å². The van der Waals surface area contributed by atoms with Gasteiger partial charge in [0.25, 0.3) is 0 Å². The summed E-state index contributed by atoms with van der Waals surface area (Å²) < 4.78 is 0. The Kier molecular flexibility index (Phi) is 1.64. The summed E-state index contributed by atoms with van der Waals surface area (Å²) in [5, 5.41) is 0. The predicted molar refractivity (Wildman–Crippen MR) is 48.7 cm³/mol. The number of allylic oxidation sites excluding steroid dienone is 1. The monoisotopic (exact) mass is 164 g/mol. The lowest BCUT2D eigenvalue weighted by Gasteiger charge is -2.48. The molecule has 66 valence electrons. The highest BCUT2D eigenvalue weighted by Gasteiger charge is 2.50. The Hall–Kier alpha value is -0.590. The van der Waals surface area contributed by atoms with Crippen LogP contribution < -0.4 is 0 Å². The molecule has 0 aromatic rings. The molecule has 0 bridgehead atoms. The molecule has 0 N–H and O–H groups in total. The van der Waals surface area contributed by atoms with E-state index < -0.39 is 0 Å². The van der Waals surface area contributed by atoms with Gasteiger partial charge in [0.05, 0.1) is 0 Å². The number of Topliss-reactive ketones (excluding diaryl/α,β-unsaturated/α-hetero) is 1. The van der Waals surface area contributed by atoms with Crippen molar-refractivity contribution >= 4 is 5.78 Å². The third-order valence-corrected chi connectivity index (χ3v) is 3.76. The summed E-state index contributed by atoms with van der Waals surface area (Å²) in [4.78, 5) is 11.4. The Morgan fingerprint density at radius 3 is 2.67 bits per heavy atom. The van der Waals surface area contributed by atoms with Gasteiger partial charge in [-0.1, -0.05) is 26.0 Å². The number of carbonyl (C=O) groups excluding carboxylic acids is 1. The van der Waals surface area contributed by atoms with Gasteiger partial charge in [-0.05, 0) is 24.7 Å². The Balaban J connectivity index is 2.18. The van der Waals surface area contributed by atoms with Crippen molar-refractivity contribution in [2.45, 2.75) is 26.7 Å². The Labute approximate surface area is 73.8 Å². The first-order chi connectivity index (χ1) is 5.63. The van der Waals surface area contributed by atoms with Gasteiger partial charge in [0.15, 0.2) is 0 Å². The van der Waals surface area contributed by atoms with Crippen molar-refractivity contribution in [1.29, 1.82) is 0 Å². The number of carbonyl (C=O) groups is 1. The van der Waals surface area contributed by atoms with Crippen LogP contribution in [0.1, 0.15) is 26.7 Å². The molecular weight excluding hydrogens is 148 g/mol. The minimum Gasteiger partial charge on any atom is -0.299 e. The zero-order valence-corrected chi connectivity index (χ0v) is 7.84. The highest BCUT2D eigenvalue weighted by Crippen LogP contribution is 2.50. The minimum atomic E-state index is 0.269. The predicted octanol–water partition coefficient (Wildman–Crippen LogP) is 2.42. The van der Waals surface area contributed by atoms with Gasteiger partial charge in [0.1, 0.15) is 5.78 Å². The van der Waals surface area contributed by atoms with E-state index in [1.807, 2.05) is 6.92 Å². The van der Waals surface area contributed by atoms with Gasteiger partial charge in [0.2, 0.25) is 0 Å². The first-order valence-corrected chi connectivity index (χ1v) is 4.85. The fraction of sp³-hybridized carbons (Fsp3) is 0.727. The largest absolute Gasteiger partial charge is 0.299 e. The molecule has 2 rings (SSSR count). The van der Waals surface area contributed by atoms with Crippen LogP contribution in [0.4, 0.5) is 0 Å². The van der Waals surface area contributed by atoms with Gasteiger partial charge in [0, 0.05) is 11.8 Å². The zero-order chi connectivity index (χ0) is 8.88. The van der Waals surface area contributed by atoms with Crippen molar-refractivity contribution in [3.8, 4) is 0 Å². The molecule has 2 aliphatic carbocycles. The fourth-order valence-electron chi connectivity index (χ4n) is 2.77. The molecule has 1 heteroatoms. The van der Waals surface area contributed by atoms with Crippen LogP contribution in [-0.4, -0.2) is 5.78 Å². The lowest BCUT2D eigenvalue weighted by atomic mass is 9.55. The lowest BCUT2D eigenvalue weighted by molar-refractivity contribution is -0.142. The molecule has 0 aromatic heterocycles. The number of hydrogen-bond acceptors (Lipinski definition) is 1. The third kappa shape index (κ3) is 0.825. The second-order valence-corrected chi connectivity index (χ2v) is 4.38. The van der Waals surface area contributed by atoms with Crippen LogP contribution in [0.5, 0.6) is 0 Å². The van der Waals surface area contributed by atoms with Gasteiger partial charge < -0.3 is 0 Å². The molecule has 0 radical (unpaired) electrons. The highest BCUT2D eigenvalue weighted by atomic mass is 16.1. The number of fused-ring (bicyclic) bond motifs is 1. The maximum atomic E-state index is 11.4. The van der Waals surface area contributed by atoms with Crippen LogP contribution in [-0.2, 0) is 4.79 Å². The molecule has 0 aliphatic heterocycles. The minimum absolute atomic E-state index is 0.269. The van der Waals surface area contributed by atoms with Crippen LogP contribution in [0, 0.1) is 23.7 Å². The molecule has 0 unspecified atom stereocenters. The Morgan fingerprint density at radius 2 is 2.00 bits per heavy atom. The Bertz CT molecular complexity index is 241. The molecular formula is C11H16O. The van der Waals surface area contributed by atoms with Crippen molar-refractivity contribution in [2.75, 3.05) is 0 Å². The fourth-order valence-corrected chi connectivity index (χ4v) is 2.77. The van der Waals surface area contributed by atoms with Gasteiger partial charge in [-0.2, -0.15) is 0 Å². The average Bonchev–Trinajstić information content (AvgIpc) is 2.08. The van der Waals surface area contributed by atoms with E-state index in [0.717, 1.165) is 6.42 Å². The average molecular weight is 164 g/mol. The molecule has 0 saturated heterocycles. The molecule has 0 spiro atoms. The van der Waals surface area contributed by atoms with Gasteiger partial charge in [-0.15, -0.1) is 0 Å². The van der Waals surface area contributed by atoms with E-state index in [-0.39, 0.29) is 5.92 Å². The summed E-state index contributed by atoms with van der Waals surface area (Å²) in [6.45, 7) is 8.39. The summed E-state index contributed by atoms with van der Waals surface area (Å²) in [6, 6.07) is 0. The normalized spacial score (nSPS) is 46.8. The smallest absolute Gasteiger partial charge is 0.140 e. The van der Waals surface area contributed by atoms with Gasteiger partial charge in [-0.3, -0.25) is 4.79 Å². The van der Waals surface area contributed by atoms with Crippen molar-refractivity contribution in [1.82, 2.24) is 0 Å². The number of hydrogen-bond donors (Lipinski definition) is 0. The summed E-state index contributed by atoms with van der Waals surface area (Å²) in [5.74, 6) is 2.27. The van der Waals surface area contributed by atoms with E-state index in [2.05, 4.69) is 13.5 Å². The molecule has 2 aliphatic rings. The second-order valence-electron chi connectivity index (χ2n) is 4.38. The Morgan fingerprint density at radius 1 is 1.33 bits per heavy atom. The highest BCUT2D eigenvalue weighted by molar-refractivity contribution is 5.91. The standard InChI is InChI=1S/C11H16O/c1-6-4-5-9-10(7(6)2)8(3)11(9)12/h6,8-10H,2,4-5H2,1,3H3/t6-,8-,9+,10+/m1/s1. The molecule has 0 heterocycles. The van der Waals surface area contributed by atoms with Crippen molar-refractivity contribution in [2.24, 2.45) is 23.7 Å². The van der Waals surface area contributed by atoms with Crippen molar-refractivity contribution in [3.63, 3.8) is 0 Å². The number of rotatable bonds is 0. The van der Waals surface area contributed by atoms with Gasteiger partial charge in [-0.25, -0.2) is 0 Å². The van der Waals surface area contributed by atoms with Crippen molar-refractivity contribution < 1.29 is 4.79 Å². The third-order valence-electron chi connectivity index (χ3n) is 3.76. The lowest BCUT2D eigenvalue weighted by Crippen LogP contribution is -2.50. The molecule has 0 aromatic carbocycles. The summed E-state index contributed by atoms with van der Waals surface area (Å²) in [6.07, 6.45) is 2.27. The molecule has 0 amide bonds. The molecule has 2 fully saturated rings. The summed E-state index contributed by atoms with van der Waals surface area (Å²) in [5.41, 5.74) is 1.33. The maximum absolute atomic E-state index is 11.4. The molecule has 4 atom stereocenters. The van der Waals surface area contributed by atoms with Crippen LogP contribution in [0.25, 0.3) is 0 Å². The van der Waals surface area contributed by atoms with E-state index in [1.54, 1.807) is 0 Å². The SMILES string of the molecule is C=C1[C@@H]2[C@H](CC[C@H]1C)C(=O)[C@@H]2C. The van der Waals surface area contributed by atoms with Crippen LogP contribution in [0.3, 0.4) is 0 Å². The maximum Gasteiger partial charge on any atom is 0.140 e.